The van der Waals surface area contributed by atoms with Crippen LogP contribution in [0.15, 0.2) is 91.0 Å². The van der Waals surface area contributed by atoms with E-state index in [0.717, 1.165) is 17.3 Å². The summed E-state index contributed by atoms with van der Waals surface area (Å²) >= 11 is 3.86. The molecule has 1 saturated heterocycles. The Kier molecular flexibility index (Phi) is 8.44. The molecule has 0 bridgehead atoms. The lowest BCUT2D eigenvalue weighted by molar-refractivity contribution is -0.132. The van der Waals surface area contributed by atoms with Crippen LogP contribution in [0.3, 0.4) is 0 Å². The summed E-state index contributed by atoms with van der Waals surface area (Å²) in [6, 6.07) is 31.9. The number of carbonyl (C=O) groups excluding carboxylic acids is 1. The number of rotatable bonds is 10. The molecule has 3 unspecified atom stereocenters. The van der Waals surface area contributed by atoms with Crippen LogP contribution < -0.4 is 0 Å². The van der Waals surface area contributed by atoms with E-state index in [1.165, 1.54) is 16.7 Å². The van der Waals surface area contributed by atoms with Crippen LogP contribution in [0.5, 0.6) is 0 Å². The van der Waals surface area contributed by atoms with Crippen molar-refractivity contribution in [1.29, 1.82) is 0 Å². The third-order valence-electron chi connectivity index (χ3n) is 6.84. The van der Waals surface area contributed by atoms with E-state index in [9.17, 15) is 4.79 Å². The maximum atomic E-state index is 13.8. The van der Waals surface area contributed by atoms with Gasteiger partial charge in [-0.2, -0.15) is 11.8 Å². The molecule has 0 aliphatic carbocycles. The van der Waals surface area contributed by atoms with E-state index in [0.29, 0.717) is 18.4 Å². The smallest absolute Gasteiger partial charge is 0.227 e. The third-order valence-corrected chi connectivity index (χ3v) is 9.43. The summed E-state index contributed by atoms with van der Waals surface area (Å²) < 4.78 is -0.0570. The third kappa shape index (κ3) is 6.09. The maximum Gasteiger partial charge on any atom is 0.227 e. The number of benzene rings is 3. The van der Waals surface area contributed by atoms with Crippen LogP contribution in [0.1, 0.15) is 37.5 Å². The van der Waals surface area contributed by atoms with Crippen molar-refractivity contribution in [2.75, 3.05) is 5.75 Å². The minimum absolute atomic E-state index is 0.0547. The van der Waals surface area contributed by atoms with Crippen LogP contribution in [0.2, 0.25) is 0 Å². The van der Waals surface area contributed by atoms with Crippen LogP contribution >= 0.6 is 23.5 Å². The van der Waals surface area contributed by atoms with Crippen molar-refractivity contribution in [2.45, 2.75) is 49.6 Å². The van der Waals surface area contributed by atoms with E-state index in [1.54, 1.807) is 0 Å². The summed E-state index contributed by atoms with van der Waals surface area (Å²) in [6.07, 6.45) is 0. The topological polar surface area (TPSA) is 20.3 Å². The number of thioether (sulfide) groups is 2. The standard InChI is InChI=1S/C30H35NOS2/c1-23-27(22-33-20-25-15-9-5-10-16-25)29(32)31(19-24-13-7-4-8-14-24)28(23)30(2,3)34-21-26-17-11-6-12-18-26/h4-18,23,27-28H,19-22H2,1-3H3. The van der Waals surface area contributed by atoms with Gasteiger partial charge in [-0.3, -0.25) is 4.79 Å². The quantitative estimate of drug-likeness (QED) is 0.298. The molecule has 2 nitrogen and oxygen atoms in total. The van der Waals surface area contributed by atoms with Gasteiger partial charge >= 0.3 is 0 Å². The lowest BCUT2D eigenvalue weighted by Gasteiger charge is -2.40. The number of likely N-dealkylation sites (tertiary alicyclic amines) is 1. The predicted octanol–water partition coefficient (Wildman–Crippen LogP) is 7.30. The van der Waals surface area contributed by atoms with Gasteiger partial charge in [-0.25, -0.2) is 0 Å². The Labute approximate surface area is 213 Å². The van der Waals surface area contributed by atoms with Gasteiger partial charge in [0.25, 0.3) is 0 Å². The van der Waals surface area contributed by atoms with Crippen molar-refractivity contribution in [3.05, 3.63) is 108 Å². The first-order valence-electron chi connectivity index (χ1n) is 12.1. The Hall–Kier alpha value is -2.17. The molecule has 3 atom stereocenters. The largest absolute Gasteiger partial charge is 0.333 e. The van der Waals surface area contributed by atoms with E-state index in [4.69, 9.17) is 0 Å². The zero-order valence-electron chi connectivity index (χ0n) is 20.4. The van der Waals surface area contributed by atoms with Crippen LogP contribution in [0, 0.1) is 11.8 Å². The van der Waals surface area contributed by atoms with Gasteiger partial charge < -0.3 is 4.90 Å². The maximum absolute atomic E-state index is 13.8. The average Bonchev–Trinajstić information content (AvgIpc) is 3.09. The number of hydrogen-bond donors (Lipinski definition) is 0. The van der Waals surface area contributed by atoms with Crippen molar-refractivity contribution < 1.29 is 4.79 Å². The SMILES string of the molecule is CC1C(CSCc2ccccc2)C(=O)N(Cc2ccccc2)C1C(C)(C)SCc1ccccc1. The zero-order valence-corrected chi connectivity index (χ0v) is 22.0. The van der Waals surface area contributed by atoms with Crippen molar-refractivity contribution in [1.82, 2.24) is 4.90 Å². The fourth-order valence-electron chi connectivity index (χ4n) is 5.07. The van der Waals surface area contributed by atoms with Gasteiger partial charge in [-0.15, -0.1) is 11.8 Å². The monoisotopic (exact) mass is 489 g/mol. The molecule has 0 radical (unpaired) electrons. The molecule has 1 aliphatic heterocycles. The number of carbonyl (C=O) groups is 1. The fourth-order valence-corrected chi connectivity index (χ4v) is 7.56. The second kappa shape index (κ2) is 11.5. The molecule has 0 saturated carbocycles. The summed E-state index contributed by atoms with van der Waals surface area (Å²) in [6.45, 7) is 7.63. The molecular formula is C30H35NOS2. The second-order valence-corrected chi connectivity index (χ2v) is 12.4. The van der Waals surface area contributed by atoms with Gasteiger partial charge in [-0.1, -0.05) is 97.9 Å². The minimum Gasteiger partial charge on any atom is -0.333 e. The number of nitrogens with zero attached hydrogens (tertiary/aromatic N) is 1. The Balaban J connectivity index is 1.51. The number of hydrogen-bond acceptors (Lipinski definition) is 3. The molecule has 34 heavy (non-hydrogen) atoms. The first-order chi connectivity index (χ1) is 16.5. The van der Waals surface area contributed by atoms with Gasteiger partial charge in [0.2, 0.25) is 5.91 Å². The van der Waals surface area contributed by atoms with E-state index in [1.807, 2.05) is 29.6 Å². The Morgan fingerprint density at radius 1 is 0.765 bits per heavy atom. The van der Waals surface area contributed by atoms with E-state index in [-0.39, 0.29) is 16.7 Å². The van der Waals surface area contributed by atoms with Crippen LogP contribution in [0.25, 0.3) is 0 Å². The minimum atomic E-state index is -0.0570. The average molecular weight is 490 g/mol. The van der Waals surface area contributed by atoms with Crippen molar-refractivity contribution in [3.8, 4) is 0 Å². The first-order valence-corrected chi connectivity index (χ1v) is 14.2. The predicted molar refractivity (Wildman–Crippen MR) is 148 cm³/mol. The van der Waals surface area contributed by atoms with E-state index < -0.39 is 0 Å². The molecule has 1 fully saturated rings. The normalized spacial score (nSPS) is 20.6. The van der Waals surface area contributed by atoms with Gasteiger partial charge in [-0.05, 0) is 36.5 Å². The molecule has 1 amide bonds. The summed E-state index contributed by atoms with van der Waals surface area (Å²) in [5.41, 5.74) is 3.86. The molecule has 4 heteroatoms. The molecule has 1 heterocycles. The van der Waals surface area contributed by atoms with Crippen molar-refractivity contribution >= 4 is 29.4 Å². The van der Waals surface area contributed by atoms with Gasteiger partial charge in [0.15, 0.2) is 0 Å². The highest BCUT2D eigenvalue weighted by Crippen LogP contribution is 2.45. The molecule has 3 aromatic rings. The summed E-state index contributed by atoms with van der Waals surface area (Å²) in [5, 5.41) is 0. The lowest BCUT2D eigenvalue weighted by atomic mass is 9.86. The molecule has 0 spiro atoms. The highest BCUT2D eigenvalue weighted by molar-refractivity contribution is 8.00. The highest BCUT2D eigenvalue weighted by Gasteiger charge is 2.51. The Bertz CT molecular complexity index is 1040. The van der Waals surface area contributed by atoms with Crippen LogP contribution in [-0.4, -0.2) is 27.3 Å². The van der Waals surface area contributed by atoms with Crippen molar-refractivity contribution in [2.24, 2.45) is 11.8 Å². The molecule has 1 aliphatic rings. The van der Waals surface area contributed by atoms with Crippen molar-refractivity contribution in [3.63, 3.8) is 0 Å². The molecule has 0 aromatic heterocycles. The highest BCUT2D eigenvalue weighted by atomic mass is 32.2. The molecule has 0 N–H and O–H groups in total. The molecule has 3 aromatic carbocycles. The van der Waals surface area contributed by atoms with E-state index >= 15 is 0 Å². The number of amides is 1. The van der Waals surface area contributed by atoms with Gasteiger partial charge in [0.1, 0.15) is 0 Å². The summed E-state index contributed by atoms with van der Waals surface area (Å²) in [7, 11) is 0. The summed E-state index contributed by atoms with van der Waals surface area (Å²) in [5.74, 6) is 3.45. The first kappa shape index (κ1) is 24.9. The van der Waals surface area contributed by atoms with Crippen LogP contribution in [0.4, 0.5) is 0 Å². The van der Waals surface area contributed by atoms with Gasteiger partial charge in [0, 0.05) is 34.6 Å². The summed E-state index contributed by atoms with van der Waals surface area (Å²) in [4.78, 5) is 16.0. The molecule has 4 rings (SSSR count). The second-order valence-electron chi connectivity index (χ2n) is 9.74. The Morgan fingerprint density at radius 3 is 1.82 bits per heavy atom. The van der Waals surface area contributed by atoms with E-state index in [2.05, 4.69) is 111 Å². The lowest BCUT2D eigenvalue weighted by Crippen LogP contribution is -2.47. The zero-order chi connectivity index (χ0) is 24.0. The molecule has 178 valence electrons. The van der Waals surface area contributed by atoms with Gasteiger partial charge in [0.05, 0.1) is 5.92 Å². The fraction of sp³-hybridized carbons (Fsp3) is 0.367. The van der Waals surface area contributed by atoms with Crippen LogP contribution in [-0.2, 0) is 22.8 Å². The molecular weight excluding hydrogens is 454 g/mol. The Morgan fingerprint density at radius 2 is 1.26 bits per heavy atom.